The van der Waals surface area contributed by atoms with Gasteiger partial charge in [-0.05, 0) is 18.9 Å². The van der Waals surface area contributed by atoms with Gasteiger partial charge in [-0.15, -0.1) is 0 Å². The molecule has 1 N–H and O–H groups in total. The zero-order valence-corrected chi connectivity index (χ0v) is 11.3. The molecule has 108 valence electrons. The number of benzene rings is 1. The van der Waals surface area contributed by atoms with Crippen molar-refractivity contribution in [3.8, 4) is 0 Å². The molecule has 1 aliphatic carbocycles. The van der Waals surface area contributed by atoms with Crippen molar-refractivity contribution in [2.24, 2.45) is 0 Å². The normalized spacial score (nSPS) is 14.3. The number of nitro benzene ring substituents is 1. The molecule has 1 aliphatic rings. The molecule has 8 heteroatoms. The summed E-state index contributed by atoms with van der Waals surface area (Å²) in [5.41, 5.74) is -0.747. The topological polar surface area (TPSA) is 102 Å². The third kappa shape index (κ3) is 2.15. The van der Waals surface area contributed by atoms with Crippen LogP contribution in [0.2, 0.25) is 5.02 Å². The second-order valence-electron chi connectivity index (χ2n) is 4.88. The number of fused-ring (bicyclic) bond motifs is 1. The highest BCUT2D eigenvalue weighted by molar-refractivity contribution is 6.33. The summed E-state index contributed by atoms with van der Waals surface area (Å²) in [6.45, 7) is 0. The second kappa shape index (κ2) is 4.56. The Morgan fingerprint density at radius 3 is 2.57 bits per heavy atom. The number of pyridine rings is 1. The monoisotopic (exact) mass is 308 g/mol. The van der Waals surface area contributed by atoms with Crippen LogP contribution in [0.1, 0.15) is 29.4 Å². The number of nitro groups is 1. The highest BCUT2D eigenvalue weighted by Gasteiger charge is 2.30. The molecule has 7 nitrogen and oxygen atoms in total. The predicted molar refractivity (Wildman–Crippen MR) is 75.1 cm³/mol. The standard InChI is InChI=1S/C13H9ClN2O5/c14-8-4-9-7(3-10(8)16(20)21)12(17)5-11(13(18)19)15(9)6-1-2-6/h3-6H,1-2H2,(H,18,19). The summed E-state index contributed by atoms with van der Waals surface area (Å²) in [6, 6.07) is 3.38. The molecule has 2 aromatic rings. The molecule has 1 heterocycles. The minimum absolute atomic E-state index is 0.0169. The molecule has 0 saturated heterocycles. The van der Waals surface area contributed by atoms with Gasteiger partial charge in [-0.3, -0.25) is 14.9 Å². The molecule has 0 bridgehead atoms. The van der Waals surface area contributed by atoms with Crippen LogP contribution in [0.3, 0.4) is 0 Å². The van der Waals surface area contributed by atoms with Gasteiger partial charge in [0.25, 0.3) is 5.69 Å². The van der Waals surface area contributed by atoms with E-state index in [2.05, 4.69) is 0 Å². The molecule has 0 radical (unpaired) electrons. The van der Waals surface area contributed by atoms with Crippen molar-refractivity contribution < 1.29 is 14.8 Å². The number of carboxylic acid groups (broad SMARTS) is 1. The first kappa shape index (κ1) is 13.6. The van der Waals surface area contributed by atoms with Gasteiger partial charge in [0.2, 0.25) is 0 Å². The van der Waals surface area contributed by atoms with Gasteiger partial charge in [-0.2, -0.15) is 0 Å². The quantitative estimate of drug-likeness (QED) is 0.693. The van der Waals surface area contributed by atoms with Gasteiger partial charge in [0.15, 0.2) is 5.43 Å². The second-order valence-corrected chi connectivity index (χ2v) is 5.29. The minimum Gasteiger partial charge on any atom is -0.477 e. The predicted octanol–water partition coefficient (Wildman–Crippen LogP) is 2.60. The van der Waals surface area contributed by atoms with E-state index in [-0.39, 0.29) is 27.8 Å². The van der Waals surface area contributed by atoms with E-state index >= 15 is 0 Å². The third-order valence-electron chi connectivity index (χ3n) is 3.45. The maximum absolute atomic E-state index is 12.0. The Bertz CT molecular complexity index is 854. The number of hydrogen-bond acceptors (Lipinski definition) is 4. The Labute approximate surface area is 122 Å². The number of rotatable bonds is 3. The zero-order chi connectivity index (χ0) is 15.3. The molecule has 1 aromatic heterocycles. The van der Waals surface area contributed by atoms with Gasteiger partial charge in [0.1, 0.15) is 10.7 Å². The highest BCUT2D eigenvalue weighted by atomic mass is 35.5. The Balaban J connectivity index is 2.44. The van der Waals surface area contributed by atoms with E-state index in [4.69, 9.17) is 11.6 Å². The molecule has 0 unspecified atom stereocenters. The summed E-state index contributed by atoms with van der Waals surface area (Å²) in [5.74, 6) is -1.21. The van der Waals surface area contributed by atoms with Crippen LogP contribution in [0, 0.1) is 10.1 Å². The van der Waals surface area contributed by atoms with Gasteiger partial charge in [0.05, 0.1) is 15.8 Å². The average molecular weight is 309 g/mol. The number of aromatic nitrogens is 1. The largest absolute Gasteiger partial charge is 0.477 e. The van der Waals surface area contributed by atoms with Gasteiger partial charge in [-0.25, -0.2) is 4.79 Å². The average Bonchev–Trinajstić information content (AvgIpc) is 3.21. The van der Waals surface area contributed by atoms with Gasteiger partial charge in [-0.1, -0.05) is 11.6 Å². The van der Waals surface area contributed by atoms with Crippen LogP contribution in [0.25, 0.3) is 10.9 Å². The van der Waals surface area contributed by atoms with Crippen LogP contribution in [0.15, 0.2) is 23.0 Å². The summed E-state index contributed by atoms with van der Waals surface area (Å²) in [5, 5.41) is 20.1. The summed E-state index contributed by atoms with van der Waals surface area (Å²) >= 11 is 5.88. The minimum atomic E-state index is -1.21. The lowest BCUT2D eigenvalue weighted by Crippen LogP contribution is -2.17. The summed E-state index contributed by atoms with van der Waals surface area (Å²) in [4.78, 5) is 33.6. The van der Waals surface area contributed by atoms with Crippen molar-refractivity contribution in [3.63, 3.8) is 0 Å². The number of nitrogens with zero attached hydrogens (tertiary/aromatic N) is 2. The molecule has 21 heavy (non-hydrogen) atoms. The van der Waals surface area contributed by atoms with E-state index in [0.717, 1.165) is 25.0 Å². The Kier molecular flexibility index (Phi) is 2.94. The van der Waals surface area contributed by atoms with E-state index in [1.807, 2.05) is 0 Å². The lowest BCUT2D eigenvalue weighted by Gasteiger charge is -2.13. The summed E-state index contributed by atoms with van der Waals surface area (Å²) < 4.78 is 1.52. The van der Waals surface area contributed by atoms with Crippen molar-refractivity contribution in [1.82, 2.24) is 4.57 Å². The molecule has 0 amide bonds. The van der Waals surface area contributed by atoms with Gasteiger partial charge >= 0.3 is 5.97 Å². The van der Waals surface area contributed by atoms with Crippen LogP contribution in [0.4, 0.5) is 5.69 Å². The van der Waals surface area contributed by atoms with Crippen molar-refractivity contribution >= 4 is 34.2 Å². The molecule has 0 atom stereocenters. The molecule has 1 fully saturated rings. The fraction of sp³-hybridized carbons (Fsp3) is 0.231. The van der Waals surface area contributed by atoms with Crippen LogP contribution >= 0.6 is 11.6 Å². The Morgan fingerprint density at radius 2 is 2.05 bits per heavy atom. The first-order valence-corrected chi connectivity index (χ1v) is 6.54. The van der Waals surface area contributed by atoms with Crippen LogP contribution in [0.5, 0.6) is 0 Å². The van der Waals surface area contributed by atoms with Crippen LogP contribution in [-0.2, 0) is 0 Å². The summed E-state index contributed by atoms with van der Waals surface area (Å²) in [7, 11) is 0. The molecule has 3 rings (SSSR count). The summed E-state index contributed by atoms with van der Waals surface area (Å²) in [6.07, 6.45) is 1.60. The molecule has 1 saturated carbocycles. The van der Waals surface area contributed by atoms with E-state index in [1.54, 1.807) is 0 Å². The number of halogens is 1. The van der Waals surface area contributed by atoms with E-state index in [0.29, 0.717) is 5.52 Å². The number of carboxylic acids is 1. The SMILES string of the molecule is O=C(O)c1cc(=O)c2cc([N+](=O)[O-])c(Cl)cc2n1C1CC1. The maximum Gasteiger partial charge on any atom is 0.352 e. The number of carbonyl (C=O) groups is 1. The van der Waals surface area contributed by atoms with Crippen molar-refractivity contribution in [2.45, 2.75) is 18.9 Å². The number of aromatic carboxylic acids is 1. The fourth-order valence-corrected chi connectivity index (χ4v) is 2.61. The first-order valence-electron chi connectivity index (χ1n) is 6.16. The fourth-order valence-electron chi connectivity index (χ4n) is 2.38. The van der Waals surface area contributed by atoms with Gasteiger partial charge in [0, 0.05) is 18.2 Å². The number of hydrogen-bond donors (Lipinski definition) is 1. The Hall–Kier alpha value is -2.41. The first-order chi connectivity index (χ1) is 9.90. The lowest BCUT2D eigenvalue weighted by atomic mass is 10.1. The molecule has 0 aliphatic heterocycles. The van der Waals surface area contributed by atoms with Crippen molar-refractivity contribution in [3.05, 3.63) is 49.3 Å². The highest BCUT2D eigenvalue weighted by Crippen LogP contribution is 2.39. The van der Waals surface area contributed by atoms with E-state index in [9.17, 15) is 24.8 Å². The maximum atomic E-state index is 12.0. The molecular weight excluding hydrogens is 300 g/mol. The van der Waals surface area contributed by atoms with Crippen molar-refractivity contribution in [2.75, 3.05) is 0 Å². The van der Waals surface area contributed by atoms with Crippen LogP contribution < -0.4 is 5.43 Å². The van der Waals surface area contributed by atoms with Crippen LogP contribution in [-0.4, -0.2) is 20.6 Å². The van der Waals surface area contributed by atoms with E-state index in [1.165, 1.54) is 10.6 Å². The molecule has 1 aromatic carbocycles. The molecular formula is C13H9ClN2O5. The lowest BCUT2D eigenvalue weighted by molar-refractivity contribution is -0.384. The van der Waals surface area contributed by atoms with Crippen molar-refractivity contribution in [1.29, 1.82) is 0 Å². The molecule has 0 spiro atoms. The van der Waals surface area contributed by atoms with E-state index < -0.39 is 16.3 Å². The third-order valence-corrected chi connectivity index (χ3v) is 3.75. The zero-order valence-electron chi connectivity index (χ0n) is 10.6. The Morgan fingerprint density at radius 1 is 1.38 bits per heavy atom. The van der Waals surface area contributed by atoms with Gasteiger partial charge < -0.3 is 9.67 Å². The smallest absolute Gasteiger partial charge is 0.352 e.